The first-order chi connectivity index (χ1) is 19.3. The Bertz CT molecular complexity index is 1420. The Balaban J connectivity index is 0.000000161. The lowest BCUT2D eigenvalue weighted by Gasteiger charge is -2.23. The van der Waals surface area contributed by atoms with Crippen molar-refractivity contribution >= 4 is 55.5 Å². The summed E-state index contributed by atoms with van der Waals surface area (Å²) in [7, 11) is 15.1. The molecule has 0 atom stereocenters. The summed E-state index contributed by atoms with van der Waals surface area (Å²) in [6, 6.07) is 11.2. The predicted molar refractivity (Wildman–Crippen MR) is 155 cm³/mol. The first-order valence-electron chi connectivity index (χ1n) is 13.2. The van der Waals surface area contributed by atoms with Gasteiger partial charge in [-0.3, -0.25) is 9.59 Å². The van der Waals surface area contributed by atoms with Gasteiger partial charge in [0.15, 0.2) is 0 Å². The summed E-state index contributed by atoms with van der Waals surface area (Å²) in [5, 5.41) is 18.5. The standard InChI is InChI=1S/C14H15BN4O.C13H14BN5O/c1-18-13(9-16-17-18)14(20)19-7-3-2-4-10-8-11(15)5-6-12(10)19;1-18-12(8-16-17-18)13(20)19-6-2-5-15-10-7-9(14)3-4-11(10)19/h5-6,8-9H,2-4,7H2,1H3;3-4,7-8,15H,2,5-6H2,1H3. The number of hydrogen-bond donors (Lipinski definition) is 1. The van der Waals surface area contributed by atoms with Gasteiger partial charge in [0.25, 0.3) is 11.8 Å². The monoisotopic (exact) mass is 533 g/mol. The molecular formula is C27H29B2N9O2. The Hall–Kier alpha value is -4.41. The number of amides is 2. The van der Waals surface area contributed by atoms with Crippen molar-refractivity contribution in [3.8, 4) is 0 Å². The maximum absolute atomic E-state index is 12.7. The van der Waals surface area contributed by atoms with E-state index in [1.807, 2.05) is 30.3 Å². The van der Waals surface area contributed by atoms with Gasteiger partial charge < -0.3 is 15.1 Å². The zero-order valence-corrected chi connectivity index (χ0v) is 22.6. The Morgan fingerprint density at radius 3 is 1.98 bits per heavy atom. The number of aromatic nitrogens is 6. The molecule has 200 valence electrons. The summed E-state index contributed by atoms with van der Waals surface area (Å²) in [6.07, 6.45) is 6.84. The summed E-state index contributed by atoms with van der Waals surface area (Å²) in [4.78, 5) is 28.9. The SMILES string of the molecule is [B]c1ccc2c(c1)CCCCN2C(=O)c1cnnn1C.[B]c1ccc2c(c1)NCCCN2C(=O)c1cnnn1C. The molecule has 0 bridgehead atoms. The molecule has 0 fully saturated rings. The molecule has 13 heteroatoms. The smallest absolute Gasteiger partial charge is 0.278 e. The van der Waals surface area contributed by atoms with Crippen LogP contribution in [0.5, 0.6) is 0 Å². The Kier molecular flexibility index (Phi) is 7.99. The van der Waals surface area contributed by atoms with Gasteiger partial charge in [0.2, 0.25) is 0 Å². The van der Waals surface area contributed by atoms with E-state index >= 15 is 0 Å². The van der Waals surface area contributed by atoms with Crippen molar-refractivity contribution in [2.75, 3.05) is 34.8 Å². The van der Waals surface area contributed by atoms with Gasteiger partial charge in [-0.1, -0.05) is 39.6 Å². The highest BCUT2D eigenvalue weighted by Gasteiger charge is 2.26. The fraction of sp³-hybridized carbons (Fsp3) is 0.333. The molecule has 0 aliphatic carbocycles. The maximum Gasteiger partial charge on any atom is 0.278 e. The molecule has 40 heavy (non-hydrogen) atoms. The van der Waals surface area contributed by atoms with Crippen LogP contribution in [0.25, 0.3) is 0 Å². The van der Waals surface area contributed by atoms with Gasteiger partial charge in [-0.05, 0) is 49.4 Å². The molecule has 2 aliphatic rings. The molecule has 2 aliphatic heterocycles. The van der Waals surface area contributed by atoms with E-state index in [4.69, 9.17) is 15.7 Å². The number of anilines is 3. The molecule has 2 aromatic carbocycles. The fourth-order valence-corrected chi connectivity index (χ4v) is 4.95. The van der Waals surface area contributed by atoms with Gasteiger partial charge in [0.1, 0.15) is 27.1 Å². The zero-order chi connectivity index (χ0) is 28.2. The average molecular weight is 533 g/mol. The van der Waals surface area contributed by atoms with E-state index in [1.54, 1.807) is 30.0 Å². The molecule has 2 aromatic heterocycles. The maximum atomic E-state index is 12.7. The number of nitrogens with one attached hydrogen (secondary N) is 1. The van der Waals surface area contributed by atoms with Crippen LogP contribution < -0.4 is 26.0 Å². The molecule has 0 saturated heterocycles. The van der Waals surface area contributed by atoms with Crippen molar-refractivity contribution in [2.24, 2.45) is 14.1 Å². The van der Waals surface area contributed by atoms with Crippen LogP contribution in [0.4, 0.5) is 17.1 Å². The molecule has 4 radical (unpaired) electrons. The van der Waals surface area contributed by atoms with Crippen LogP contribution in [-0.2, 0) is 20.5 Å². The quantitative estimate of drug-likeness (QED) is 0.377. The van der Waals surface area contributed by atoms with Crippen LogP contribution in [0, 0.1) is 0 Å². The number of fused-ring (bicyclic) bond motifs is 2. The molecule has 2 amide bonds. The van der Waals surface area contributed by atoms with E-state index in [2.05, 4.69) is 25.9 Å². The Morgan fingerprint density at radius 2 is 1.35 bits per heavy atom. The third-order valence-electron chi connectivity index (χ3n) is 7.02. The lowest BCUT2D eigenvalue weighted by molar-refractivity contribution is 0.0970. The first-order valence-corrected chi connectivity index (χ1v) is 13.2. The summed E-state index contributed by atoms with van der Waals surface area (Å²) in [5.41, 5.74) is 6.17. The van der Waals surface area contributed by atoms with E-state index in [9.17, 15) is 9.59 Å². The highest BCUT2D eigenvalue weighted by Crippen LogP contribution is 2.29. The van der Waals surface area contributed by atoms with E-state index in [1.165, 1.54) is 21.8 Å². The molecule has 0 unspecified atom stereocenters. The number of aryl methyl sites for hydroxylation is 3. The summed E-state index contributed by atoms with van der Waals surface area (Å²) >= 11 is 0. The molecule has 6 rings (SSSR count). The van der Waals surface area contributed by atoms with Gasteiger partial charge >= 0.3 is 0 Å². The van der Waals surface area contributed by atoms with E-state index in [0.29, 0.717) is 29.9 Å². The van der Waals surface area contributed by atoms with Crippen molar-refractivity contribution in [3.63, 3.8) is 0 Å². The van der Waals surface area contributed by atoms with Crippen LogP contribution >= 0.6 is 0 Å². The topological polar surface area (TPSA) is 114 Å². The van der Waals surface area contributed by atoms with Crippen molar-refractivity contribution < 1.29 is 9.59 Å². The van der Waals surface area contributed by atoms with E-state index < -0.39 is 0 Å². The number of nitrogens with zero attached hydrogens (tertiary/aromatic N) is 8. The molecule has 0 saturated carbocycles. The van der Waals surface area contributed by atoms with Crippen molar-refractivity contribution in [1.29, 1.82) is 0 Å². The van der Waals surface area contributed by atoms with Crippen molar-refractivity contribution in [2.45, 2.75) is 25.7 Å². The van der Waals surface area contributed by atoms with E-state index in [0.717, 1.165) is 60.3 Å². The average Bonchev–Trinajstić information content (AvgIpc) is 3.43. The minimum absolute atomic E-state index is 0.0644. The molecule has 1 N–H and O–H groups in total. The second-order valence-corrected chi connectivity index (χ2v) is 9.80. The summed E-state index contributed by atoms with van der Waals surface area (Å²) < 4.78 is 2.99. The predicted octanol–water partition coefficient (Wildman–Crippen LogP) is 0.663. The van der Waals surface area contributed by atoms with Crippen LogP contribution in [-0.4, -0.2) is 77.1 Å². The number of carbonyl (C=O) groups is 2. The lowest BCUT2D eigenvalue weighted by atomic mass is 9.92. The molecule has 4 heterocycles. The number of carbonyl (C=O) groups excluding carboxylic acids is 2. The highest BCUT2D eigenvalue weighted by molar-refractivity contribution is 6.33. The molecule has 11 nitrogen and oxygen atoms in total. The number of rotatable bonds is 2. The first kappa shape index (κ1) is 27.2. The van der Waals surface area contributed by atoms with E-state index in [-0.39, 0.29) is 11.8 Å². The zero-order valence-electron chi connectivity index (χ0n) is 22.6. The largest absolute Gasteiger partial charge is 0.383 e. The molecule has 0 spiro atoms. The highest BCUT2D eigenvalue weighted by atomic mass is 16.2. The number of hydrogen-bond acceptors (Lipinski definition) is 7. The van der Waals surface area contributed by atoms with Crippen molar-refractivity contribution in [1.82, 2.24) is 30.0 Å². The van der Waals surface area contributed by atoms with Crippen LogP contribution in [0.15, 0.2) is 48.8 Å². The Morgan fingerprint density at radius 1 is 0.775 bits per heavy atom. The van der Waals surface area contributed by atoms with Crippen LogP contribution in [0.3, 0.4) is 0 Å². The third-order valence-corrected chi connectivity index (χ3v) is 7.02. The minimum atomic E-state index is -0.104. The number of benzene rings is 2. The van der Waals surface area contributed by atoms with Gasteiger partial charge in [-0.2, -0.15) is 0 Å². The van der Waals surface area contributed by atoms with Gasteiger partial charge in [-0.15, -0.1) is 10.2 Å². The normalized spacial score (nSPS) is 14.6. The van der Waals surface area contributed by atoms with Gasteiger partial charge in [-0.25, -0.2) is 9.36 Å². The second kappa shape index (κ2) is 11.8. The molecule has 4 aromatic rings. The van der Waals surface area contributed by atoms with Gasteiger partial charge in [0, 0.05) is 39.4 Å². The summed E-state index contributed by atoms with van der Waals surface area (Å²) in [5.74, 6) is -0.169. The molecular weight excluding hydrogens is 504 g/mol. The fourth-order valence-electron chi connectivity index (χ4n) is 4.95. The lowest BCUT2D eigenvalue weighted by Crippen LogP contribution is -2.33. The van der Waals surface area contributed by atoms with Gasteiger partial charge in [0.05, 0.1) is 23.8 Å². The van der Waals surface area contributed by atoms with Crippen molar-refractivity contribution in [3.05, 3.63) is 65.7 Å². The summed E-state index contributed by atoms with van der Waals surface area (Å²) in [6.45, 7) is 2.17. The minimum Gasteiger partial charge on any atom is -0.383 e. The van der Waals surface area contributed by atoms with Crippen LogP contribution in [0.2, 0.25) is 0 Å². The van der Waals surface area contributed by atoms with Crippen LogP contribution in [0.1, 0.15) is 45.8 Å². The second-order valence-electron chi connectivity index (χ2n) is 9.80. The Labute approximate surface area is 235 Å². The third kappa shape index (κ3) is 5.63.